The molecule has 0 amide bonds. The number of ether oxygens (including phenoxy) is 1. The maximum Gasteiger partial charge on any atom is 0.130 e. The molecule has 0 N–H and O–H groups in total. The van der Waals surface area contributed by atoms with Gasteiger partial charge in [-0.2, -0.15) is 0 Å². The Balaban J connectivity index is 2.03. The van der Waals surface area contributed by atoms with Gasteiger partial charge in [0.05, 0.1) is 11.5 Å². The molecule has 4 nitrogen and oxygen atoms in total. The van der Waals surface area contributed by atoms with Gasteiger partial charge in [0.1, 0.15) is 5.75 Å². The summed E-state index contributed by atoms with van der Waals surface area (Å²) in [5.74, 6) is 2.24. The fraction of sp³-hybridized carbons (Fsp3) is 0.541. The fourth-order valence-corrected chi connectivity index (χ4v) is 5.14. The van der Waals surface area contributed by atoms with Crippen molar-refractivity contribution in [1.29, 1.82) is 0 Å². The average Bonchev–Trinajstić information content (AvgIpc) is 2.95. The van der Waals surface area contributed by atoms with Gasteiger partial charge in [-0.05, 0) is 120 Å². The first-order chi connectivity index (χ1) is 19.7. The summed E-state index contributed by atoms with van der Waals surface area (Å²) in [6.07, 6.45) is 14.8. The maximum absolute atomic E-state index is 6.38. The molecule has 2 aliphatic rings. The molecule has 1 saturated carbocycles. The van der Waals surface area contributed by atoms with Gasteiger partial charge in [-0.25, -0.2) is 0 Å². The molecule has 1 aliphatic carbocycles. The van der Waals surface area contributed by atoms with Gasteiger partial charge in [0.25, 0.3) is 0 Å². The smallest absolute Gasteiger partial charge is 0.130 e. The molecule has 41 heavy (non-hydrogen) atoms. The van der Waals surface area contributed by atoms with Gasteiger partial charge in [0.2, 0.25) is 0 Å². The molecule has 1 unspecified atom stereocenters. The average molecular weight is 558 g/mol. The summed E-state index contributed by atoms with van der Waals surface area (Å²) in [5.41, 5.74) is 9.84. The van der Waals surface area contributed by atoms with E-state index in [0.717, 1.165) is 79.6 Å². The molecular formula is C37H55N3O. The van der Waals surface area contributed by atoms with Crippen LogP contribution in [0, 0.1) is 12.8 Å². The minimum absolute atomic E-state index is 0.347. The number of piperazine rings is 1. The highest BCUT2D eigenvalue weighted by atomic mass is 16.5. The largest absolute Gasteiger partial charge is 0.462 e. The van der Waals surface area contributed by atoms with Crippen LogP contribution in [0.25, 0.3) is 5.70 Å². The van der Waals surface area contributed by atoms with E-state index in [-0.39, 0.29) is 0 Å². The van der Waals surface area contributed by atoms with Gasteiger partial charge in [-0.15, -0.1) is 0 Å². The molecule has 0 spiro atoms. The summed E-state index contributed by atoms with van der Waals surface area (Å²) in [6.45, 7) is 25.2. The van der Waals surface area contributed by atoms with Crippen LogP contribution < -0.4 is 4.74 Å². The van der Waals surface area contributed by atoms with E-state index in [0.29, 0.717) is 5.92 Å². The summed E-state index contributed by atoms with van der Waals surface area (Å²) in [7, 11) is 0. The Hall–Kier alpha value is -2.85. The van der Waals surface area contributed by atoms with Crippen molar-refractivity contribution in [2.75, 3.05) is 32.7 Å². The molecule has 1 aliphatic heterocycles. The van der Waals surface area contributed by atoms with Crippen LogP contribution in [0.5, 0.6) is 5.75 Å². The molecule has 1 heterocycles. The summed E-state index contributed by atoms with van der Waals surface area (Å²) >= 11 is 0. The molecular weight excluding hydrogens is 502 g/mol. The van der Waals surface area contributed by atoms with Crippen LogP contribution in [0.4, 0.5) is 0 Å². The molecule has 1 aromatic rings. The van der Waals surface area contributed by atoms with E-state index in [4.69, 9.17) is 9.73 Å². The Morgan fingerprint density at radius 1 is 1.02 bits per heavy atom. The predicted octanol–water partition coefficient (Wildman–Crippen LogP) is 9.50. The number of aryl methyl sites for hydroxylation is 1. The Bertz CT molecular complexity index is 1210. The number of hydrogen-bond acceptors (Lipinski definition) is 4. The van der Waals surface area contributed by atoms with Gasteiger partial charge in [-0.1, -0.05) is 51.5 Å². The van der Waals surface area contributed by atoms with Gasteiger partial charge in [-0.3, -0.25) is 4.99 Å². The third-order valence-corrected chi connectivity index (χ3v) is 9.02. The number of rotatable bonds is 12. The number of likely N-dealkylation sites (N-methyl/N-ethyl adjacent to an activating group) is 1. The molecule has 2 fully saturated rings. The number of allylic oxidation sites excluding steroid dienone is 8. The van der Waals surface area contributed by atoms with Crippen LogP contribution >= 0.6 is 0 Å². The van der Waals surface area contributed by atoms with Crippen LogP contribution in [0.1, 0.15) is 98.6 Å². The monoisotopic (exact) mass is 557 g/mol. The highest BCUT2D eigenvalue weighted by Gasteiger charge is 2.17. The van der Waals surface area contributed by atoms with Crippen LogP contribution in [0.2, 0.25) is 0 Å². The summed E-state index contributed by atoms with van der Waals surface area (Å²) in [6, 6.07) is 6.55. The zero-order valence-corrected chi connectivity index (χ0v) is 27.4. The first-order valence-electron chi connectivity index (χ1n) is 16.0. The highest BCUT2D eigenvalue weighted by Crippen LogP contribution is 2.33. The fourth-order valence-electron chi connectivity index (χ4n) is 5.14. The molecule has 224 valence electrons. The molecule has 4 heteroatoms. The van der Waals surface area contributed by atoms with Crippen molar-refractivity contribution < 1.29 is 4.74 Å². The molecule has 1 aromatic carbocycles. The molecule has 1 saturated heterocycles. The topological polar surface area (TPSA) is 28.1 Å². The first kappa shape index (κ1) is 32.7. The van der Waals surface area contributed by atoms with Crippen molar-refractivity contribution >= 4 is 11.4 Å². The second-order valence-corrected chi connectivity index (χ2v) is 11.8. The molecule has 3 rings (SSSR count). The van der Waals surface area contributed by atoms with Crippen molar-refractivity contribution in [2.45, 2.75) is 94.4 Å². The van der Waals surface area contributed by atoms with E-state index >= 15 is 0 Å². The van der Waals surface area contributed by atoms with Crippen molar-refractivity contribution in [1.82, 2.24) is 9.80 Å². The van der Waals surface area contributed by atoms with Gasteiger partial charge < -0.3 is 14.5 Å². The lowest BCUT2D eigenvalue weighted by Gasteiger charge is -2.36. The molecule has 1 atom stereocenters. The third kappa shape index (κ3) is 9.07. The number of aliphatic imine (C=N–C) groups is 1. The quantitative estimate of drug-likeness (QED) is 0.145. The second kappa shape index (κ2) is 16.0. The van der Waals surface area contributed by atoms with Crippen LogP contribution in [0.15, 0.2) is 75.7 Å². The Morgan fingerprint density at radius 3 is 2.29 bits per heavy atom. The zero-order valence-electron chi connectivity index (χ0n) is 27.4. The van der Waals surface area contributed by atoms with E-state index < -0.39 is 0 Å². The Morgan fingerprint density at radius 2 is 1.73 bits per heavy atom. The normalized spacial score (nSPS) is 18.9. The van der Waals surface area contributed by atoms with Crippen molar-refractivity contribution in [3.05, 3.63) is 81.8 Å². The van der Waals surface area contributed by atoms with Gasteiger partial charge in [0.15, 0.2) is 0 Å². The lowest BCUT2D eigenvalue weighted by Crippen LogP contribution is -2.45. The number of benzene rings is 1. The summed E-state index contributed by atoms with van der Waals surface area (Å²) in [5, 5.41) is 0. The van der Waals surface area contributed by atoms with Crippen LogP contribution in [0.3, 0.4) is 0 Å². The van der Waals surface area contributed by atoms with Crippen LogP contribution in [-0.2, 0) is 0 Å². The third-order valence-electron chi connectivity index (χ3n) is 9.02. The number of hydrogen-bond donors (Lipinski definition) is 0. The lowest BCUT2D eigenvalue weighted by molar-refractivity contribution is 0.168. The second-order valence-electron chi connectivity index (χ2n) is 11.8. The molecule has 0 aromatic heterocycles. The minimum atomic E-state index is 0.347. The predicted molar refractivity (Wildman–Crippen MR) is 178 cm³/mol. The van der Waals surface area contributed by atoms with E-state index in [2.05, 4.69) is 115 Å². The molecule has 0 radical (unpaired) electrons. The summed E-state index contributed by atoms with van der Waals surface area (Å²) < 4.78 is 6.38. The maximum atomic E-state index is 6.38. The van der Waals surface area contributed by atoms with Crippen molar-refractivity contribution in [3.63, 3.8) is 0 Å². The number of nitrogens with zero attached hydrogens (tertiary/aromatic N) is 3. The molecule has 0 bridgehead atoms. The van der Waals surface area contributed by atoms with Crippen molar-refractivity contribution in [3.8, 4) is 5.75 Å². The first-order valence-corrected chi connectivity index (χ1v) is 16.0. The summed E-state index contributed by atoms with van der Waals surface area (Å²) in [4.78, 5) is 10.4. The Kier molecular flexibility index (Phi) is 12.7. The lowest BCUT2D eigenvalue weighted by atomic mass is 9.88. The van der Waals surface area contributed by atoms with E-state index in [1.165, 1.54) is 36.1 Å². The van der Waals surface area contributed by atoms with E-state index in [9.17, 15) is 0 Å². The Labute approximate surface area is 251 Å². The standard InChI is InChI=1S/C37H55N3O/c1-10-27(5)31(9)41-37-26-33(18-17-29(37)7)36(25-30(8)32-15-14-16-32)38-35(28(6)11-2)20-19-34(12-3)40-23-21-39(13-4)22-24-40/h12,17-20,25-26,28H,10-11,13-16,21-24H2,1-9H3/b20-19-,31-27+,34-12+,36-25-,38-35+. The van der Waals surface area contributed by atoms with E-state index in [1.54, 1.807) is 5.57 Å². The van der Waals surface area contributed by atoms with Crippen molar-refractivity contribution in [2.24, 2.45) is 10.9 Å². The van der Waals surface area contributed by atoms with Gasteiger partial charge in [0, 0.05) is 43.2 Å². The van der Waals surface area contributed by atoms with Gasteiger partial charge >= 0.3 is 0 Å². The van der Waals surface area contributed by atoms with E-state index in [1.807, 2.05) is 0 Å². The zero-order chi connectivity index (χ0) is 29.9. The highest BCUT2D eigenvalue weighted by molar-refractivity contribution is 6.00. The minimum Gasteiger partial charge on any atom is -0.462 e. The SMILES string of the molecule is C\C=C(/C=C\C(=N/C(=C\C(C)=C1CCC1)c1ccc(C)c(O/C(C)=C(\C)CC)c1)C(C)CC)N1CCN(CC)CC1. The van der Waals surface area contributed by atoms with Crippen LogP contribution in [-0.4, -0.2) is 48.2 Å².